The van der Waals surface area contributed by atoms with E-state index in [1.807, 2.05) is 46.9 Å². The van der Waals surface area contributed by atoms with E-state index in [2.05, 4.69) is 16.0 Å². The quantitative estimate of drug-likeness (QED) is 0.114. The maximum absolute atomic E-state index is 14.7. The van der Waals surface area contributed by atoms with Crippen LogP contribution >= 0.6 is 22.9 Å². The first-order valence-corrected chi connectivity index (χ1v) is 21.7. The average Bonchev–Trinajstić information content (AvgIpc) is 3.84. The van der Waals surface area contributed by atoms with Gasteiger partial charge in [0, 0.05) is 36.4 Å². The van der Waals surface area contributed by atoms with E-state index in [0.29, 0.717) is 70.2 Å². The fourth-order valence-corrected chi connectivity index (χ4v) is 9.62. The van der Waals surface area contributed by atoms with Crippen LogP contribution in [0.3, 0.4) is 0 Å². The van der Waals surface area contributed by atoms with Crippen LogP contribution in [0.25, 0.3) is 22.3 Å². The number of thiazole rings is 1. The molecule has 4 aliphatic rings. The number of hydrogen-bond donors (Lipinski definition) is 4. The number of ether oxygens (including phenoxy) is 4. The molecule has 1 aromatic carbocycles. The van der Waals surface area contributed by atoms with E-state index in [1.54, 1.807) is 25.3 Å². The van der Waals surface area contributed by atoms with Gasteiger partial charge in [-0.1, -0.05) is 45.7 Å². The van der Waals surface area contributed by atoms with E-state index >= 15 is 0 Å². The Morgan fingerprint density at radius 2 is 1.78 bits per heavy atom. The molecule has 17 heteroatoms. The Hall–Kier alpha value is -4.41. The number of carboxylic acids is 1. The second kappa shape index (κ2) is 16.9. The number of methoxy groups -OCH3 is 1. The van der Waals surface area contributed by atoms with Gasteiger partial charge in [-0.2, -0.15) is 0 Å². The van der Waals surface area contributed by atoms with Crippen molar-refractivity contribution in [1.29, 1.82) is 0 Å². The van der Waals surface area contributed by atoms with Crippen molar-refractivity contribution in [3.8, 4) is 22.9 Å². The van der Waals surface area contributed by atoms with Gasteiger partial charge in [0.05, 0.1) is 24.4 Å². The number of benzene rings is 1. The molecule has 15 nitrogen and oxygen atoms in total. The van der Waals surface area contributed by atoms with Crippen molar-refractivity contribution in [2.45, 2.75) is 116 Å². The lowest BCUT2D eigenvalue weighted by molar-refractivity contribution is -0.146. The highest BCUT2D eigenvalue weighted by Crippen LogP contribution is 2.52. The summed E-state index contributed by atoms with van der Waals surface area (Å²) in [6.45, 7) is 12.0. The molecule has 0 bridgehead atoms. The molecule has 8 atom stereocenters. The van der Waals surface area contributed by atoms with Crippen LogP contribution < -0.4 is 25.4 Å². The number of hydrogen-bond acceptors (Lipinski definition) is 12. The van der Waals surface area contributed by atoms with Crippen LogP contribution in [0.1, 0.15) is 80.1 Å². The van der Waals surface area contributed by atoms with E-state index in [9.17, 15) is 24.3 Å². The summed E-state index contributed by atoms with van der Waals surface area (Å²) in [4.78, 5) is 65.8. The number of amides is 3. The number of halogens is 1. The topological polar surface area (TPSA) is 191 Å². The summed E-state index contributed by atoms with van der Waals surface area (Å²) in [5.41, 5.74) is -0.735. The number of alkyl carbamates (subject to hydrolysis) is 1. The molecule has 3 saturated carbocycles. The second-order valence-electron chi connectivity index (χ2n) is 17.7. The molecule has 3 amide bonds. The monoisotopic (exact) mass is 854 g/mol. The van der Waals surface area contributed by atoms with Gasteiger partial charge in [0.1, 0.15) is 58.7 Å². The van der Waals surface area contributed by atoms with Crippen molar-refractivity contribution >= 4 is 62.8 Å². The number of pyridine rings is 1. The van der Waals surface area contributed by atoms with Crippen LogP contribution in [0.15, 0.2) is 23.6 Å². The molecule has 2 aromatic heterocycles. The minimum Gasteiger partial charge on any atom is -0.490 e. The van der Waals surface area contributed by atoms with E-state index in [-0.39, 0.29) is 42.7 Å². The smallest absolute Gasteiger partial charge is 0.408 e. The molecule has 1 aliphatic heterocycles. The van der Waals surface area contributed by atoms with Crippen molar-refractivity contribution in [2.24, 2.45) is 23.2 Å². The van der Waals surface area contributed by atoms with E-state index in [0.717, 1.165) is 12.8 Å². The third kappa shape index (κ3) is 9.19. The number of carboxylic acid groups (broad SMARTS) is 1. The largest absolute Gasteiger partial charge is 0.490 e. The molecule has 59 heavy (non-hydrogen) atoms. The molecule has 3 heterocycles. The lowest BCUT2D eigenvalue weighted by Gasteiger charge is -2.35. The third-order valence-corrected chi connectivity index (χ3v) is 13.0. The van der Waals surface area contributed by atoms with Crippen molar-refractivity contribution in [2.75, 3.05) is 32.2 Å². The summed E-state index contributed by atoms with van der Waals surface area (Å²) in [5, 5.41) is 22.6. The highest BCUT2D eigenvalue weighted by molar-refractivity contribution is 7.14. The zero-order chi connectivity index (χ0) is 42.4. The van der Waals surface area contributed by atoms with Crippen molar-refractivity contribution in [3.63, 3.8) is 0 Å². The van der Waals surface area contributed by atoms with Crippen LogP contribution in [-0.2, 0) is 23.9 Å². The number of anilines is 1. The molecular formula is C42H55ClN6O9S. The normalized spacial score (nSPS) is 26.3. The predicted molar refractivity (Wildman–Crippen MR) is 223 cm³/mol. The Kier molecular flexibility index (Phi) is 12.2. The molecule has 4 fully saturated rings. The van der Waals surface area contributed by atoms with Gasteiger partial charge in [-0.25, -0.2) is 19.6 Å². The van der Waals surface area contributed by atoms with Crippen molar-refractivity contribution in [1.82, 2.24) is 25.5 Å². The maximum Gasteiger partial charge on any atom is 0.408 e. The minimum absolute atomic E-state index is 0.0340. The Labute approximate surface area is 353 Å². The third-order valence-electron chi connectivity index (χ3n) is 11.9. The molecule has 3 aliphatic carbocycles. The Balaban J connectivity index is 1.21. The van der Waals surface area contributed by atoms with Crippen LogP contribution in [0.4, 0.5) is 9.93 Å². The number of carbonyl (C=O) groups excluding carboxylic acids is 3. The summed E-state index contributed by atoms with van der Waals surface area (Å²) in [7, 11) is 1.58. The van der Waals surface area contributed by atoms with Gasteiger partial charge in [0.25, 0.3) is 0 Å². The van der Waals surface area contributed by atoms with Gasteiger partial charge in [-0.15, -0.1) is 11.3 Å². The number of likely N-dealkylation sites (tertiary alicyclic amines) is 1. The summed E-state index contributed by atoms with van der Waals surface area (Å²) >= 11 is 8.39. The highest BCUT2D eigenvalue weighted by Gasteiger charge is 2.61. The summed E-state index contributed by atoms with van der Waals surface area (Å²) in [6, 6.07) is 3.26. The average molecular weight is 855 g/mol. The lowest BCUT2D eigenvalue weighted by Crippen LogP contribution is -2.59. The summed E-state index contributed by atoms with van der Waals surface area (Å²) in [6.07, 6.45) is 2.10. The van der Waals surface area contributed by atoms with E-state index < -0.39 is 53.0 Å². The van der Waals surface area contributed by atoms with Gasteiger partial charge in [0.15, 0.2) is 5.13 Å². The number of aliphatic carboxylic acids is 1. The molecule has 4 N–H and O–H groups in total. The maximum atomic E-state index is 14.7. The van der Waals surface area contributed by atoms with Crippen LogP contribution in [0.5, 0.6) is 11.5 Å². The van der Waals surface area contributed by atoms with Gasteiger partial charge in [0.2, 0.25) is 11.8 Å². The molecular weight excluding hydrogens is 800 g/mol. The first kappa shape index (κ1) is 42.7. The number of rotatable bonds is 16. The number of carbonyl (C=O) groups is 4. The standard InChI is InChI=1S/C42H55ClN6O9S/c1-8-24-18-42(24,38(52)53)48-36(50)30-16-26(19-49(30)37(51)35(41(4,5)6)47-40(54)58-25-14-22-13-23(22)15-25)57-32-17-28(29-20-59-39(46-29)44-21(2)3)45-34-27(32)9-10-31(33(34)43)56-12-11-55-7/h9-10,17,20-26,30,35H,8,11-16,18-19H2,1-7H3,(H,44,46)(H,47,54)(H,48,50)(H,52,53)/t22-,23+,24-,25+,26-,30+,35-,42-/m1/s1. The molecule has 7 rings (SSSR count). The highest BCUT2D eigenvalue weighted by atomic mass is 35.5. The molecule has 3 aromatic rings. The molecule has 0 unspecified atom stereocenters. The summed E-state index contributed by atoms with van der Waals surface area (Å²) < 4.78 is 23.6. The fourth-order valence-electron chi connectivity index (χ4n) is 8.51. The van der Waals surface area contributed by atoms with Crippen LogP contribution in [-0.4, -0.2) is 107 Å². The van der Waals surface area contributed by atoms with Crippen LogP contribution in [0, 0.1) is 23.2 Å². The Morgan fingerprint density at radius 3 is 2.42 bits per heavy atom. The first-order valence-electron chi connectivity index (χ1n) is 20.5. The number of fused-ring (bicyclic) bond motifs is 2. The first-order chi connectivity index (χ1) is 28.0. The SMILES string of the molecule is CC[C@@H]1C[C@]1(NC(=O)[C@@H]1C[C@@H](Oc2cc(-c3csc(NC(C)C)n3)nc3c(Cl)c(OCCOC)ccc23)CN1C(=O)[C@@H](NC(=O)O[C@@H]1C[C@@H]2C[C@@H]2C1)C(C)(C)C)C(=O)O. The second-order valence-corrected chi connectivity index (χ2v) is 18.9. The Bertz CT molecular complexity index is 2080. The predicted octanol–water partition coefficient (Wildman–Crippen LogP) is 6.51. The lowest BCUT2D eigenvalue weighted by atomic mass is 9.85. The van der Waals surface area contributed by atoms with E-state index in [4.69, 9.17) is 40.5 Å². The molecule has 1 saturated heterocycles. The van der Waals surface area contributed by atoms with Gasteiger partial charge < -0.3 is 44.9 Å². The van der Waals surface area contributed by atoms with E-state index in [1.165, 1.54) is 22.7 Å². The Morgan fingerprint density at radius 1 is 1.03 bits per heavy atom. The number of aromatic nitrogens is 2. The van der Waals surface area contributed by atoms with Crippen molar-refractivity contribution in [3.05, 3.63) is 28.6 Å². The molecule has 0 spiro atoms. The zero-order valence-corrected chi connectivity index (χ0v) is 36.2. The molecule has 0 radical (unpaired) electrons. The van der Waals surface area contributed by atoms with Gasteiger partial charge in [-0.3, -0.25) is 9.59 Å². The van der Waals surface area contributed by atoms with Crippen molar-refractivity contribution < 1.29 is 43.2 Å². The molecule has 320 valence electrons. The number of nitrogens with zero attached hydrogens (tertiary/aromatic N) is 3. The number of nitrogens with one attached hydrogen (secondary N) is 3. The summed E-state index contributed by atoms with van der Waals surface area (Å²) in [5.74, 6) is -0.462. The van der Waals surface area contributed by atoms with Crippen LogP contribution in [0.2, 0.25) is 5.02 Å². The fraction of sp³-hybridized carbons (Fsp3) is 0.619. The van der Waals surface area contributed by atoms with Gasteiger partial charge >= 0.3 is 12.1 Å². The zero-order valence-electron chi connectivity index (χ0n) is 34.6. The minimum atomic E-state index is -1.42. The van der Waals surface area contributed by atoms with Gasteiger partial charge in [-0.05, 0) is 74.8 Å².